The lowest BCUT2D eigenvalue weighted by molar-refractivity contribution is -0.140. The van der Waals surface area contributed by atoms with E-state index in [1.807, 2.05) is 30.3 Å². The van der Waals surface area contributed by atoms with Gasteiger partial charge in [-0.3, -0.25) is 4.79 Å². The van der Waals surface area contributed by atoms with Crippen LogP contribution in [0.1, 0.15) is 18.4 Å². The smallest absolute Gasteiger partial charge is 0.305 e. The summed E-state index contributed by atoms with van der Waals surface area (Å²) < 4.78 is 18.2. The second-order valence-electron chi connectivity index (χ2n) is 7.30. The summed E-state index contributed by atoms with van der Waals surface area (Å²) in [6.07, 6.45) is 1.71. The van der Waals surface area contributed by atoms with Crippen LogP contribution >= 0.6 is 0 Å². The van der Waals surface area contributed by atoms with Crippen molar-refractivity contribution in [1.82, 2.24) is 4.98 Å². The molecular weight excluding hydrogens is 379 g/mol. The second kappa shape index (κ2) is 8.41. The molecule has 3 aromatic carbocycles. The number of esters is 1. The summed E-state index contributed by atoms with van der Waals surface area (Å²) in [4.78, 5) is 15.1. The van der Waals surface area contributed by atoms with Gasteiger partial charge in [-0.1, -0.05) is 18.2 Å². The van der Waals surface area contributed by atoms with Crippen LogP contribution in [0.25, 0.3) is 33.3 Å². The van der Waals surface area contributed by atoms with Crippen molar-refractivity contribution in [3.05, 3.63) is 78.1 Å². The molecule has 4 aromatic rings. The molecule has 4 nitrogen and oxygen atoms in total. The number of halogens is 1. The van der Waals surface area contributed by atoms with Gasteiger partial charge in [-0.15, -0.1) is 0 Å². The zero-order valence-electron chi connectivity index (χ0n) is 16.7. The molecule has 0 saturated carbocycles. The fourth-order valence-electron chi connectivity index (χ4n) is 3.78. The normalized spacial score (nSPS) is 11.0. The molecule has 1 heterocycles. The van der Waals surface area contributed by atoms with E-state index in [0.29, 0.717) is 24.9 Å². The van der Waals surface area contributed by atoms with E-state index in [9.17, 15) is 9.18 Å². The van der Waals surface area contributed by atoms with Gasteiger partial charge in [-0.05, 0) is 83.6 Å². The van der Waals surface area contributed by atoms with E-state index in [-0.39, 0.29) is 11.8 Å². The summed E-state index contributed by atoms with van der Waals surface area (Å²) in [5.41, 5.74) is 12.7. The van der Waals surface area contributed by atoms with Gasteiger partial charge < -0.3 is 15.5 Å². The third kappa shape index (κ3) is 4.06. The van der Waals surface area contributed by atoms with E-state index in [1.54, 1.807) is 12.1 Å². The molecule has 0 aliphatic carbocycles. The van der Waals surface area contributed by atoms with Crippen molar-refractivity contribution in [2.45, 2.75) is 19.3 Å². The molecule has 0 saturated heterocycles. The molecule has 0 unspecified atom stereocenters. The average Bonchev–Trinajstić information content (AvgIpc) is 3.12. The Morgan fingerprint density at radius 3 is 2.47 bits per heavy atom. The number of aromatic amines is 1. The molecule has 3 N–H and O–H groups in total. The van der Waals surface area contributed by atoms with Crippen LogP contribution in [0, 0.1) is 5.82 Å². The molecule has 0 fully saturated rings. The summed E-state index contributed by atoms with van der Waals surface area (Å²) >= 11 is 0. The lowest BCUT2D eigenvalue weighted by atomic mass is 9.97. The highest BCUT2D eigenvalue weighted by molar-refractivity contribution is 5.94. The first-order chi connectivity index (χ1) is 14.5. The van der Waals surface area contributed by atoms with Crippen molar-refractivity contribution < 1.29 is 13.9 Å². The van der Waals surface area contributed by atoms with Crippen LogP contribution in [0.2, 0.25) is 0 Å². The van der Waals surface area contributed by atoms with E-state index in [2.05, 4.69) is 17.1 Å². The minimum absolute atomic E-state index is 0.223. The number of hydrogen-bond donors (Lipinski definition) is 2. The van der Waals surface area contributed by atoms with E-state index in [0.717, 1.165) is 38.9 Å². The number of benzene rings is 3. The number of aryl methyl sites for hydroxylation is 1. The molecule has 0 amide bonds. The van der Waals surface area contributed by atoms with Crippen LogP contribution in [0.3, 0.4) is 0 Å². The number of nitrogens with two attached hydrogens (primary N) is 1. The Hall–Kier alpha value is -3.60. The minimum atomic E-state index is -0.272. The van der Waals surface area contributed by atoms with Gasteiger partial charge in [0.25, 0.3) is 0 Å². The van der Waals surface area contributed by atoms with Crippen molar-refractivity contribution in [3.8, 4) is 22.4 Å². The van der Waals surface area contributed by atoms with Crippen LogP contribution in [-0.2, 0) is 16.0 Å². The van der Waals surface area contributed by atoms with E-state index < -0.39 is 0 Å². The number of methoxy groups -OCH3 is 1. The third-order valence-corrected chi connectivity index (χ3v) is 5.29. The summed E-state index contributed by atoms with van der Waals surface area (Å²) in [6, 6.07) is 20.5. The molecule has 0 spiro atoms. The number of anilines is 1. The SMILES string of the molecule is COC(=O)CCCc1c(-c2ccc(F)cc2)[nH]c2ccc(-c3cccc(N)c3)cc12. The van der Waals surface area contributed by atoms with Gasteiger partial charge in [0.05, 0.1) is 7.11 Å². The van der Waals surface area contributed by atoms with Crippen LogP contribution in [-0.4, -0.2) is 18.1 Å². The first-order valence-corrected chi connectivity index (χ1v) is 9.88. The lowest BCUT2D eigenvalue weighted by Gasteiger charge is -2.07. The molecule has 1 aromatic heterocycles. The van der Waals surface area contributed by atoms with E-state index >= 15 is 0 Å². The standard InChI is InChI=1S/C25H23FN2O2/c1-30-24(29)7-3-6-21-22-15-18(17-4-2-5-20(27)14-17)10-13-23(22)28-25(21)16-8-11-19(26)12-9-16/h2,4-5,8-15,28H,3,6-7,27H2,1H3. The molecule has 0 aliphatic heterocycles. The molecule has 30 heavy (non-hydrogen) atoms. The van der Waals surface area contributed by atoms with Gasteiger partial charge in [-0.2, -0.15) is 0 Å². The predicted molar refractivity (Wildman–Crippen MR) is 118 cm³/mol. The first kappa shape index (κ1) is 19.7. The van der Waals surface area contributed by atoms with Gasteiger partial charge >= 0.3 is 5.97 Å². The molecule has 5 heteroatoms. The number of H-pyrrole nitrogens is 1. The summed E-state index contributed by atoms with van der Waals surface area (Å²) in [5.74, 6) is -0.496. The Balaban J connectivity index is 1.80. The highest BCUT2D eigenvalue weighted by atomic mass is 19.1. The Morgan fingerprint density at radius 2 is 1.73 bits per heavy atom. The minimum Gasteiger partial charge on any atom is -0.469 e. The number of ether oxygens (including phenoxy) is 1. The number of carbonyl (C=O) groups is 1. The van der Waals surface area contributed by atoms with E-state index in [1.165, 1.54) is 19.2 Å². The molecule has 4 rings (SSSR count). The quantitative estimate of drug-likeness (QED) is 0.320. The van der Waals surface area contributed by atoms with Crippen LogP contribution in [0.5, 0.6) is 0 Å². The van der Waals surface area contributed by atoms with Crippen molar-refractivity contribution in [3.63, 3.8) is 0 Å². The molecule has 0 aliphatic rings. The van der Waals surface area contributed by atoms with Crippen LogP contribution in [0.4, 0.5) is 10.1 Å². The number of carbonyl (C=O) groups excluding carboxylic acids is 1. The first-order valence-electron chi connectivity index (χ1n) is 9.88. The zero-order valence-corrected chi connectivity index (χ0v) is 16.7. The predicted octanol–water partition coefficient (Wildman–Crippen LogP) is 5.72. The van der Waals surface area contributed by atoms with Crippen LogP contribution < -0.4 is 5.73 Å². The zero-order chi connectivity index (χ0) is 21.1. The number of nitrogen functional groups attached to an aromatic ring is 1. The summed E-state index contributed by atoms with van der Waals surface area (Å²) in [7, 11) is 1.40. The van der Waals surface area contributed by atoms with Crippen LogP contribution in [0.15, 0.2) is 66.7 Å². The maximum atomic E-state index is 13.4. The highest BCUT2D eigenvalue weighted by Crippen LogP contribution is 2.34. The number of rotatable bonds is 6. The summed E-state index contributed by atoms with van der Waals surface area (Å²) in [6.45, 7) is 0. The fourth-order valence-corrected chi connectivity index (χ4v) is 3.78. The van der Waals surface area contributed by atoms with Gasteiger partial charge in [-0.25, -0.2) is 4.39 Å². The number of fused-ring (bicyclic) bond motifs is 1. The third-order valence-electron chi connectivity index (χ3n) is 5.29. The molecule has 0 radical (unpaired) electrons. The Bertz CT molecular complexity index is 1200. The van der Waals surface area contributed by atoms with Crippen molar-refractivity contribution in [1.29, 1.82) is 0 Å². The maximum absolute atomic E-state index is 13.4. The molecule has 152 valence electrons. The monoisotopic (exact) mass is 402 g/mol. The number of nitrogens with one attached hydrogen (secondary N) is 1. The van der Waals surface area contributed by atoms with Crippen molar-refractivity contribution in [2.75, 3.05) is 12.8 Å². The summed E-state index contributed by atoms with van der Waals surface area (Å²) in [5, 5.41) is 1.08. The van der Waals surface area contributed by atoms with Gasteiger partial charge in [0, 0.05) is 28.7 Å². The van der Waals surface area contributed by atoms with Gasteiger partial charge in [0.1, 0.15) is 5.82 Å². The fraction of sp³-hybridized carbons (Fsp3) is 0.160. The topological polar surface area (TPSA) is 68.1 Å². The average molecular weight is 402 g/mol. The molecule has 0 atom stereocenters. The highest BCUT2D eigenvalue weighted by Gasteiger charge is 2.15. The largest absolute Gasteiger partial charge is 0.469 e. The maximum Gasteiger partial charge on any atom is 0.305 e. The Labute approximate surface area is 174 Å². The second-order valence-corrected chi connectivity index (χ2v) is 7.30. The van der Waals surface area contributed by atoms with Gasteiger partial charge in [0.2, 0.25) is 0 Å². The van der Waals surface area contributed by atoms with Crippen molar-refractivity contribution >= 4 is 22.6 Å². The Kier molecular flexibility index (Phi) is 5.53. The lowest BCUT2D eigenvalue weighted by Crippen LogP contribution is -2.00. The number of hydrogen-bond acceptors (Lipinski definition) is 3. The Morgan fingerprint density at radius 1 is 1.00 bits per heavy atom. The van der Waals surface area contributed by atoms with Crippen molar-refractivity contribution in [2.24, 2.45) is 0 Å². The molecular formula is C25H23FN2O2. The molecule has 0 bridgehead atoms. The number of aromatic nitrogens is 1. The van der Waals surface area contributed by atoms with Gasteiger partial charge in [0.15, 0.2) is 0 Å². The van der Waals surface area contributed by atoms with E-state index in [4.69, 9.17) is 10.5 Å².